The van der Waals surface area contributed by atoms with Crippen molar-refractivity contribution in [2.75, 3.05) is 6.61 Å². The van der Waals surface area contributed by atoms with Crippen molar-refractivity contribution >= 4 is 11.9 Å². The summed E-state index contributed by atoms with van der Waals surface area (Å²) in [6, 6.07) is 0. The molecule has 0 heterocycles. The molecule has 3 atom stereocenters. The number of carbonyl (C=O) groups excluding carboxylic acids is 2. The van der Waals surface area contributed by atoms with Crippen molar-refractivity contribution in [1.82, 2.24) is 0 Å². The van der Waals surface area contributed by atoms with E-state index in [2.05, 4.69) is 27.7 Å². The van der Waals surface area contributed by atoms with Gasteiger partial charge in [-0.1, -0.05) is 59.8 Å². The second kappa shape index (κ2) is 10.8. The summed E-state index contributed by atoms with van der Waals surface area (Å²) < 4.78 is 11.1. The zero-order valence-electron chi connectivity index (χ0n) is 16.9. The molecule has 1 rings (SSSR count). The van der Waals surface area contributed by atoms with Gasteiger partial charge in [-0.2, -0.15) is 0 Å². The van der Waals surface area contributed by atoms with Gasteiger partial charge in [-0.25, -0.2) is 0 Å². The lowest BCUT2D eigenvalue weighted by Gasteiger charge is -2.31. The number of hydrogen-bond donors (Lipinski definition) is 0. The van der Waals surface area contributed by atoms with Gasteiger partial charge in [0.05, 0.1) is 18.4 Å². The van der Waals surface area contributed by atoms with Crippen molar-refractivity contribution in [2.45, 2.75) is 98.5 Å². The van der Waals surface area contributed by atoms with Gasteiger partial charge in [0, 0.05) is 0 Å². The molecule has 0 radical (unpaired) electrons. The molecule has 0 N–H and O–H groups in total. The van der Waals surface area contributed by atoms with Gasteiger partial charge in [-0.3, -0.25) is 9.59 Å². The fraction of sp³-hybridized carbons (Fsp3) is 0.905. The van der Waals surface area contributed by atoms with Crippen LogP contribution in [0, 0.1) is 17.3 Å². The highest BCUT2D eigenvalue weighted by Gasteiger charge is 2.34. The molecule has 0 aromatic heterocycles. The minimum Gasteiger partial charge on any atom is -0.465 e. The SMILES string of the molecule is CCCCCCCOC(=O)C1CCCC(C(=O)OC(C)C(C)(C)C)C1. The standard InChI is InChI=1S/C21H38O4/c1-6-7-8-9-10-14-24-19(22)17-12-11-13-18(15-17)20(23)25-16(2)21(3,4)5/h16-18H,6-15H2,1-5H3. The van der Waals surface area contributed by atoms with Gasteiger partial charge in [-0.05, 0) is 38.0 Å². The third-order valence-electron chi connectivity index (χ3n) is 5.35. The van der Waals surface area contributed by atoms with Gasteiger partial charge in [0.2, 0.25) is 0 Å². The summed E-state index contributed by atoms with van der Waals surface area (Å²) in [5.74, 6) is -0.594. The predicted molar refractivity (Wildman–Crippen MR) is 100 cm³/mol. The second-order valence-electron chi connectivity index (χ2n) is 8.59. The average Bonchev–Trinajstić information content (AvgIpc) is 2.57. The topological polar surface area (TPSA) is 52.6 Å². The van der Waals surface area contributed by atoms with Crippen molar-refractivity contribution < 1.29 is 19.1 Å². The molecule has 25 heavy (non-hydrogen) atoms. The first-order valence-corrected chi connectivity index (χ1v) is 10.1. The Morgan fingerprint density at radius 1 is 1.00 bits per heavy atom. The Morgan fingerprint density at radius 3 is 2.20 bits per heavy atom. The third-order valence-corrected chi connectivity index (χ3v) is 5.35. The van der Waals surface area contributed by atoms with E-state index in [1.165, 1.54) is 19.3 Å². The zero-order valence-corrected chi connectivity index (χ0v) is 16.9. The number of esters is 2. The minimum atomic E-state index is -0.166. The van der Waals surface area contributed by atoms with Gasteiger partial charge < -0.3 is 9.47 Å². The molecule has 0 aromatic carbocycles. The Balaban J connectivity index is 2.35. The van der Waals surface area contributed by atoms with Crippen LogP contribution in [0.2, 0.25) is 0 Å². The molecule has 0 spiro atoms. The molecule has 1 aliphatic carbocycles. The van der Waals surface area contributed by atoms with Crippen molar-refractivity contribution in [3.8, 4) is 0 Å². The maximum Gasteiger partial charge on any atom is 0.309 e. The maximum absolute atomic E-state index is 12.4. The first-order chi connectivity index (χ1) is 11.8. The lowest BCUT2D eigenvalue weighted by atomic mass is 9.81. The van der Waals surface area contributed by atoms with Crippen LogP contribution in [0.5, 0.6) is 0 Å². The molecule has 146 valence electrons. The predicted octanol–water partition coefficient (Wildman–Crippen LogP) is 5.28. The highest BCUT2D eigenvalue weighted by molar-refractivity contribution is 5.76. The fourth-order valence-electron chi connectivity index (χ4n) is 3.06. The smallest absolute Gasteiger partial charge is 0.309 e. The number of ether oxygens (including phenoxy) is 2. The Kier molecular flexibility index (Phi) is 9.52. The molecule has 0 aromatic rings. The van der Waals surface area contributed by atoms with Crippen LogP contribution in [0.15, 0.2) is 0 Å². The van der Waals surface area contributed by atoms with Gasteiger partial charge in [-0.15, -0.1) is 0 Å². The summed E-state index contributed by atoms with van der Waals surface area (Å²) in [5, 5.41) is 0. The van der Waals surface area contributed by atoms with Crippen LogP contribution < -0.4 is 0 Å². The van der Waals surface area contributed by atoms with Gasteiger partial charge in [0.25, 0.3) is 0 Å². The van der Waals surface area contributed by atoms with Crippen molar-refractivity contribution in [2.24, 2.45) is 17.3 Å². The van der Waals surface area contributed by atoms with Crippen molar-refractivity contribution in [3.63, 3.8) is 0 Å². The first-order valence-electron chi connectivity index (χ1n) is 10.1. The van der Waals surface area contributed by atoms with Gasteiger partial charge in [0.1, 0.15) is 6.10 Å². The van der Waals surface area contributed by atoms with Crippen LogP contribution in [0.25, 0.3) is 0 Å². The summed E-state index contributed by atoms with van der Waals surface area (Å²) in [7, 11) is 0. The lowest BCUT2D eigenvalue weighted by molar-refractivity contribution is -0.162. The lowest BCUT2D eigenvalue weighted by Crippen LogP contribution is -2.34. The molecule has 1 fully saturated rings. The first kappa shape index (κ1) is 22.0. The van der Waals surface area contributed by atoms with Crippen LogP contribution in [0.1, 0.15) is 92.4 Å². The quantitative estimate of drug-likeness (QED) is 0.417. The molecular weight excluding hydrogens is 316 g/mol. The Morgan fingerprint density at radius 2 is 1.60 bits per heavy atom. The number of unbranched alkanes of at least 4 members (excludes halogenated alkanes) is 4. The van der Waals surface area contributed by atoms with Crippen LogP contribution in [-0.2, 0) is 19.1 Å². The van der Waals surface area contributed by atoms with Gasteiger partial charge in [0.15, 0.2) is 0 Å². The van der Waals surface area contributed by atoms with Crippen LogP contribution in [0.4, 0.5) is 0 Å². The molecule has 4 nitrogen and oxygen atoms in total. The van der Waals surface area contributed by atoms with E-state index in [0.717, 1.165) is 32.1 Å². The van der Waals surface area contributed by atoms with E-state index in [1.807, 2.05) is 6.92 Å². The average molecular weight is 355 g/mol. The number of hydrogen-bond acceptors (Lipinski definition) is 4. The van der Waals surface area contributed by atoms with Crippen molar-refractivity contribution in [1.29, 1.82) is 0 Å². The molecule has 0 aliphatic heterocycles. The fourth-order valence-corrected chi connectivity index (χ4v) is 3.06. The summed E-state index contributed by atoms with van der Waals surface area (Å²) in [5.41, 5.74) is -0.0690. The monoisotopic (exact) mass is 354 g/mol. The van der Waals surface area contributed by atoms with Crippen LogP contribution in [0.3, 0.4) is 0 Å². The van der Waals surface area contributed by atoms with E-state index in [4.69, 9.17) is 9.47 Å². The van der Waals surface area contributed by atoms with Crippen molar-refractivity contribution in [3.05, 3.63) is 0 Å². The Bertz CT molecular complexity index is 411. The summed E-state index contributed by atoms with van der Waals surface area (Å²) in [6.07, 6.45) is 8.69. The van der Waals surface area contributed by atoms with E-state index in [1.54, 1.807) is 0 Å². The van der Waals surface area contributed by atoms with E-state index in [9.17, 15) is 9.59 Å². The Labute approximate surface area is 154 Å². The largest absolute Gasteiger partial charge is 0.465 e. The van der Waals surface area contributed by atoms with Gasteiger partial charge >= 0.3 is 11.9 Å². The molecular formula is C21H38O4. The van der Waals surface area contributed by atoms with E-state index in [-0.39, 0.29) is 35.3 Å². The highest BCUT2D eigenvalue weighted by atomic mass is 16.5. The third kappa shape index (κ3) is 8.24. The summed E-state index contributed by atoms with van der Waals surface area (Å²) >= 11 is 0. The molecule has 0 bridgehead atoms. The van der Waals surface area contributed by atoms with Crippen LogP contribution >= 0.6 is 0 Å². The summed E-state index contributed by atoms with van der Waals surface area (Å²) in [4.78, 5) is 24.7. The minimum absolute atomic E-state index is 0.0690. The highest BCUT2D eigenvalue weighted by Crippen LogP contribution is 2.32. The number of rotatable bonds is 9. The summed E-state index contributed by atoms with van der Waals surface area (Å²) in [6.45, 7) is 10.8. The van der Waals surface area contributed by atoms with E-state index >= 15 is 0 Å². The molecule has 0 saturated heterocycles. The molecule has 1 saturated carbocycles. The molecule has 4 heteroatoms. The molecule has 1 aliphatic rings. The maximum atomic E-state index is 12.4. The van der Waals surface area contributed by atoms with Crippen LogP contribution in [-0.4, -0.2) is 24.6 Å². The zero-order chi connectivity index (χ0) is 18.9. The molecule has 3 unspecified atom stereocenters. The molecule has 0 amide bonds. The van der Waals surface area contributed by atoms with E-state index in [0.29, 0.717) is 13.0 Å². The second-order valence-corrected chi connectivity index (χ2v) is 8.59. The Hall–Kier alpha value is -1.06. The normalized spacial score (nSPS) is 22.3. The van der Waals surface area contributed by atoms with E-state index < -0.39 is 0 Å². The number of carbonyl (C=O) groups is 2.